The highest BCUT2D eigenvalue weighted by atomic mass is 32.2. The van der Waals surface area contributed by atoms with Crippen LogP contribution in [-0.2, 0) is 11.3 Å². The SMILES string of the molecule is CCCSc1nc(NCC(C)C)c2cnn(CCNC(=O)COc3cccc(OC)c3)c2n1. The number of benzene rings is 1. The van der Waals surface area contributed by atoms with Gasteiger partial charge in [0, 0.05) is 24.9 Å². The second-order valence-corrected chi connectivity index (χ2v) is 8.96. The lowest BCUT2D eigenvalue weighted by Crippen LogP contribution is -2.31. The fraction of sp³-hybridized carbons (Fsp3) is 0.478. The van der Waals surface area contributed by atoms with E-state index in [1.807, 2.05) is 12.1 Å². The van der Waals surface area contributed by atoms with Gasteiger partial charge in [-0.05, 0) is 24.5 Å². The van der Waals surface area contributed by atoms with Gasteiger partial charge in [0.15, 0.2) is 17.4 Å². The number of thioether (sulfide) groups is 1. The number of amides is 1. The minimum atomic E-state index is -0.206. The van der Waals surface area contributed by atoms with Crippen LogP contribution in [0.15, 0.2) is 35.6 Å². The Morgan fingerprint density at radius 3 is 2.82 bits per heavy atom. The van der Waals surface area contributed by atoms with Crippen molar-refractivity contribution < 1.29 is 14.3 Å². The second-order valence-electron chi connectivity index (χ2n) is 7.90. The molecule has 0 saturated heterocycles. The molecule has 0 aliphatic carbocycles. The van der Waals surface area contributed by atoms with Crippen LogP contribution in [0.5, 0.6) is 11.5 Å². The van der Waals surface area contributed by atoms with Gasteiger partial charge < -0.3 is 20.1 Å². The Bertz CT molecular complexity index is 1060. The van der Waals surface area contributed by atoms with E-state index in [4.69, 9.17) is 14.5 Å². The first-order chi connectivity index (χ1) is 16.0. The van der Waals surface area contributed by atoms with Crippen LogP contribution in [0.3, 0.4) is 0 Å². The van der Waals surface area contributed by atoms with E-state index in [1.165, 1.54) is 0 Å². The molecule has 0 radical (unpaired) electrons. The molecule has 1 aromatic carbocycles. The van der Waals surface area contributed by atoms with Crippen molar-refractivity contribution in [2.75, 3.05) is 37.9 Å². The number of aromatic nitrogens is 4. The molecule has 0 unspecified atom stereocenters. The number of nitrogens with zero attached hydrogens (tertiary/aromatic N) is 4. The Morgan fingerprint density at radius 1 is 1.24 bits per heavy atom. The standard InChI is InChI=1S/C23H32N6O3S/c1-5-11-33-23-27-21(25-13-16(2)3)19-14-26-29(22(19)28-23)10-9-24-20(30)15-32-18-8-6-7-17(12-18)31-4/h6-8,12,14,16H,5,9-11,13,15H2,1-4H3,(H,24,30)(H,25,27,28). The van der Waals surface area contributed by atoms with Gasteiger partial charge in [0.2, 0.25) is 0 Å². The summed E-state index contributed by atoms with van der Waals surface area (Å²) < 4.78 is 12.5. The number of nitrogens with one attached hydrogen (secondary N) is 2. The topological polar surface area (TPSA) is 103 Å². The number of hydrogen-bond acceptors (Lipinski definition) is 8. The van der Waals surface area contributed by atoms with Crippen LogP contribution in [0, 0.1) is 5.92 Å². The summed E-state index contributed by atoms with van der Waals surface area (Å²) in [5, 5.41) is 12.4. The zero-order valence-electron chi connectivity index (χ0n) is 19.6. The maximum Gasteiger partial charge on any atom is 0.258 e. The first-order valence-corrected chi connectivity index (χ1v) is 12.1. The van der Waals surface area contributed by atoms with Gasteiger partial charge in [-0.2, -0.15) is 5.10 Å². The van der Waals surface area contributed by atoms with Crippen LogP contribution in [0.4, 0.5) is 5.82 Å². The van der Waals surface area contributed by atoms with E-state index in [0.29, 0.717) is 30.5 Å². The van der Waals surface area contributed by atoms with Crippen molar-refractivity contribution in [2.24, 2.45) is 5.92 Å². The average Bonchev–Trinajstić information content (AvgIpc) is 3.23. The monoisotopic (exact) mass is 472 g/mol. The fourth-order valence-corrected chi connectivity index (χ4v) is 3.68. The largest absolute Gasteiger partial charge is 0.497 e. The highest BCUT2D eigenvalue weighted by Crippen LogP contribution is 2.25. The zero-order chi connectivity index (χ0) is 23.6. The van der Waals surface area contributed by atoms with E-state index in [9.17, 15) is 4.79 Å². The molecule has 0 bridgehead atoms. The molecule has 1 amide bonds. The smallest absolute Gasteiger partial charge is 0.258 e. The summed E-state index contributed by atoms with van der Waals surface area (Å²) in [7, 11) is 1.59. The molecule has 0 aliphatic rings. The maximum absolute atomic E-state index is 12.2. The molecule has 2 N–H and O–H groups in total. The van der Waals surface area contributed by atoms with Crippen LogP contribution >= 0.6 is 11.8 Å². The molecule has 2 aromatic heterocycles. The Balaban J connectivity index is 1.60. The first-order valence-electron chi connectivity index (χ1n) is 11.1. The Hall–Kier alpha value is -3.01. The zero-order valence-corrected chi connectivity index (χ0v) is 20.4. The summed E-state index contributed by atoms with van der Waals surface area (Å²) in [5.41, 5.74) is 0.761. The normalized spacial score (nSPS) is 11.1. The highest BCUT2D eigenvalue weighted by molar-refractivity contribution is 7.99. The predicted octanol–water partition coefficient (Wildman–Crippen LogP) is 3.60. The lowest BCUT2D eigenvalue weighted by atomic mass is 10.2. The molecular weight excluding hydrogens is 440 g/mol. The second kappa shape index (κ2) is 12.3. The Morgan fingerprint density at radius 2 is 2.06 bits per heavy atom. The molecule has 0 atom stereocenters. The molecule has 0 fully saturated rings. The molecule has 3 aromatic rings. The van der Waals surface area contributed by atoms with Crippen molar-refractivity contribution in [3.05, 3.63) is 30.5 Å². The van der Waals surface area contributed by atoms with E-state index in [2.05, 4.69) is 41.5 Å². The summed E-state index contributed by atoms with van der Waals surface area (Å²) in [6.07, 6.45) is 2.82. The molecule has 0 spiro atoms. The molecule has 9 nitrogen and oxygen atoms in total. The number of ether oxygens (including phenoxy) is 2. The van der Waals surface area contributed by atoms with Gasteiger partial charge in [0.25, 0.3) is 5.91 Å². The van der Waals surface area contributed by atoms with Crippen molar-refractivity contribution in [3.63, 3.8) is 0 Å². The highest BCUT2D eigenvalue weighted by Gasteiger charge is 2.14. The van der Waals surface area contributed by atoms with Crippen molar-refractivity contribution in [2.45, 2.75) is 38.9 Å². The lowest BCUT2D eigenvalue weighted by molar-refractivity contribution is -0.123. The fourth-order valence-electron chi connectivity index (χ4n) is 2.98. The predicted molar refractivity (Wildman–Crippen MR) is 131 cm³/mol. The van der Waals surface area contributed by atoms with E-state index < -0.39 is 0 Å². The van der Waals surface area contributed by atoms with Gasteiger partial charge in [0.1, 0.15) is 17.3 Å². The van der Waals surface area contributed by atoms with Gasteiger partial charge in [0.05, 0.1) is 25.2 Å². The minimum absolute atomic E-state index is 0.0731. The number of carbonyl (C=O) groups is 1. The average molecular weight is 473 g/mol. The quantitative estimate of drug-likeness (QED) is 0.287. The van der Waals surface area contributed by atoms with E-state index in [0.717, 1.165) is 40.7 Å². The molecular formula is C23H32N6O3S. The van der Waals surface area contributed by atoms with Crippen molar-refractivity contribution in [1.82, 2.24) is 25.1 Å². The molecule has 10 heteroatoms. The molecule has 178 valence electrons. The summed E-state index contributed by atoms with van der Waals surface area (Å²) >= 11 is 1.63. The molecule has 33 heavy (non-hydrogen) atoms. The third-order valence-electron chi connectivity index (χ3n) is 4.65. The van der Waals surface area contributed by atoms with Gasteiger partial charge in [-0.15, -0.1) is 0 Å². The van der Waals surface area contributed by atoms with Gasteiger partial charge in [-0.25, -0.2) is 14.6 Å². The van der Waals surface area contributed by atoms with Crippen molar-refractivity contribution in [1.29, 1.82) is 0 Å². The minimum Gasteiger partial charge on any atom is -0.497 e. The van der Waals surface area contributed by atoms with Crippen LogP contribution in [0.25, 0.3) is 11.0 Å². The Kier molecular flexibility index (Phi) is 9.17. The van der Waals surface area contributed by atoms with E-state index in [-0.39, 0.29) is 12.5 Å². The number of methoxy groups -OCH3 is 1. The lowest BCUT2D eigenvalue weighted by Gasteiger charge is -2.11. The number of carbonyl (C=O) groups excluding carboxylic acids is 1. The van der Waals surface area contributed by atoms with Crippen LogP contribution < -0.4 is 20.1 Å². The van der Waals surface area contributed by atoms with Crippen molar-refractivity contribution >= 4 is 34.5 Å². The third-order valence-corrected chi connectivity index (χ3v) is 5.70. The number of fused-ring (bicyclic) bond motifs is 1. The maximum atomic E-state index is 12.2. The number of rotatable bonds is 13. The van der Waals surface area contributed by atoms with Crippen LogP contribution in [-0.4, -0.2) is 58.2 Å². The summed E-state index contributed by atoms with van der Waals surface area (Å²) in [4.78, 5) is 21.6. The van der Waals surface area contributed by atoms with Gasteiger partial charge >= 0.3 is 0 Å². The van der Waals surface area contributed by atoms with Crippen molar-refractivity contribution in [3.8, 4) is 11.5 Å². The van der Waals surface area contributed by atoms with E-state index >= 15 is 0 Å². The summed E-state index contributed by atoms with van der Waals surface area (Å²) in [6, 6.07) is 7.15. The number of hydrogen-bond donors (Lipinski definition) is 2. The van der Waals surface area contributed by atoms with Crippen LogP contribution in [0.1, 0.15) is 27.2 Å². The van der Waals surface area contributed by atoms with E-state index in [1.54, 1.807) is 41.9 Å². The number of anilines is 1. The summed E-state index contributed by atoms with van der Waals surface area (Å²) in [6.45, 7) is 8.09. The summed E-state index contributed by atoms with van der Waals surface area (Å²) in [5.74, 6) is 3.30. The molecule has 0 saturated carbocycles. The van der Waals surface area contributed by atoms with Gasteiger partial charge in [-0.1, -0.05) is 38.6 Å². The molecule has 3 rings (SSSR count). The first kappa shape index (κ1) is 24.6. The molecule has 0 aliphatic heterocycles. The Labute approximate surface area is 198 Å². The van der Waals surface area contributed by atoms with Crippen LogP contribution in [0.2, 0.25) is 0 Å². The third kappa shape index (κ3) is 7.24. The van der Waals surface area contributed by atoms with Gasteiger partial charge in [-0.3, -0.25) is 4.79 Å². The molecule has 2 heterocycles.